The van der Waals surface area contributed by atoms with E-state index >= 15 is 0 Å². The van der Waals surface area contributed by atoms with Gasteiger partial charge in [0.05, 0.1) is 11.8 Å². The molecule has 140 valence electrons. The lowest BCUT2D eigenvalue weighted by Gasteiger charge is -2.23. The molecule has 0 bridgehead atoms. The van der Waals surface area contributed by atoms with E-state index < -0.39 is 6.10 Å². The van der Waals surface area contributed by atoms with Gasteiger partial charge in [-0.15, -0.1) is 0 Å². The van der Waals surface area contributed by atoms with Crippen molar-refractivity contribution in [2.24, 2.45) is 4.99 Å². The van der Waals surface area contributed by atoms with E-state index in [9.17, 15) is 4.79 Å². The molecule has 1 atom stereocenters. The molecule has 0 saturated heterocycles. The predicted molar refractivity (Wildman–Crippen MR) is 104 cm³/mol. The summed E-state index contributed by atoms with van der Waals surface area (Å²) in [5.74, 6) is 1.63. The number of rotatable bonds is 3. The van der Waals surface area contributed by atoms with Gasteiger partial charge in [0.25, 0.3) is 5.91 Å². The fraction of sp³-hybridized carbons (Fsp3) is 0.300. The van der Waals surface area contributed by atoms with Crippen molar-refractivity contribution in [3.63, 3.8) is 0 Å². The van der Waals surface area contributed by atoms with Crippen molar-refractivity contribution in [1.82, 2.24) is 4.57 Å². The van der Waals surface area contributed by atoms with Crippen molar-refractivity contribution in [3.05, 3.63) is 46.8 Å². The lowest BCUT2D eigenvalue weighted by atomic mass is 10.2. The fourth-order valence-electron chi connectivity index (χ4n) is 3.13. The summed E-state index contributed by atoms with van der Waals surface area (Å²) in [6.45, 7) is 4.89. The van der Waals surface area contributed by atoms with Crippen LogP contribution in [0.4, 0.5) is 0 Å². The maximum Gasteiger partial charge on any atom is 0.292 e. The summed E-state index contributed by atoms with van der Waals surface area (Å²) < 4.78 is 20.0. The molecular weight excluding hydrogens is 364 g/mol. The van der Waals surface area contributed by atoms with Crippen LogP contribution in [0.2, 0.25) is 0 Å². The highest BCUT2D eigenvalue weighted by molar-refractivity contribution is 7.16. The monoisotopic (exact) mass is 384 g/mol. The van der Waals surface area contributed by atoms with Gasteiger partial charge in [-0.3, -0.25) is 4.79 Å². The fourth-order valence-corrected chi connectivity index (χ4v) is 4.31. The molecule has 0 saturated carbocycles. The van der Waals surface area contributed by atoms with E-state index in [1.807, 2.05) is 48.7 Å². The molecule has 4 rings (SSSR count). The van der Waals surface area contributed by atoms with Gasteiger partial charge in [0.15, 0.2) is 16.3 Å². The number of para-hydroxylation sites is 2. The van der Waals surface area contributed by atoms with E-state index in [4.69, 9.17) is 14.2 Å². The number of methoxy groups -OCH3 is 1. The van der Waals surface area contributed by atoms with Crippen LogP contribution in [0.1, 0.15) is 12.5 Å². The molecule has 1 aromatic heterocycles. The first-order valence-electron chi connectivity index (χ1n) is 8.76. The van der Waals surface area contributed by atoms with E-state index in [2.05, 4.69) is 4.99 Å². The molecule has 1 amide bonds. The van der Waals surface area contributed by atoms with E-state index in [0.29, 0.717) is 22.8 Å². The predicted octanol–water partition coefficient (Wildman–Crippen LogP) is 3.31. The lowest BCUT2D eigenvalue weighted by molar-refractivity contribution is -0.127. The highest BCUT2D eigenvalue weighted by Gasteiger charge is 2.27. The zero-order valence-electron chi connectivity index (χ0n) is 15.4. The number of amides is 1. The maximum atomic E-state index is 12.8. The number of carbonyl (C=O) groups excluding carboxylic acids is 1. The average molecular weight is 384 g/mol. The number of hydrogen-bond acceptors (Lipinski definition) is 5. The van der Waals surface area contributed by atoms with Crippen LogP contribution in [-0.2, 0) is 11.3 Å². The van der Waals surface area contributed by atoms with E-state index in [1.165, 1.54) is 11.3 Å². The summed E-state index contributed by atoms with van der Waals surface area (Å²) in [6, 6.07) is 11.3. The Morgan fingerprint density at radius 1 is 1.30 bits per heavy atom. The molecule has 0 spiro atoms. The van der Waals surface area contributed by atoms with Gasteiger partial charge in [-0.2, -0.15) is 4.99 Å². The number of carbonyl (C=O) groups is 1. The van der Waals surface area contributed by atoms with Crippen LogP contribution in [0.5, 0.6) is 17.2 Å². The number of aryl methyl sites for hydroxylation is 2. The van der Waals surface area contributed by atoms with Gasteiger partial charge in [-0.05, 0) is 37.6 Å². The van der Waals surface area contributed by atoms with Crippen LogP contribution in [0.15, 0.2) is 41.4 Å². The molecule has 0 unspecified atom stereocenters. The maximum absolute atomic E-state index is 12.8. The highest BCUT2D eigenvalue weighted by Crippen LogP contribution is 2.32. The molecule has 1 aliphatic rings. The molecule has 2 heterocycles. The molecule has 0 radical (unpaired) electrons. The summed E-state index contributed by atoms with van der Waals surface area (Å²) in [5.41, 5.74) is 2.08. The Hall–Kier alpha value is -2.80. The van der Waals surface area contributed by atoms with Gasteiger partial charge < -0.3 is 18.8 Å². The number of thiazole rings is 1. The smallest absolute Gasteiger partial charge is 0.292 e. The summed E-state index contributed by atoms with van der Waals surface area (Å²) in [6.07, 6.45) is -0.751. The lowest BCUT2D eigenvalue weighted by Crippen LogP contribution is -2.36. The van der Waals surface area contributed by atoms with Crippen LogP contribution < -0.4 is 19.0 Å². The van der Waals surface area contributed by atoms with Gasteiger partial charge in [0.1, 0.15) is 17.9 Å². The van der Waals surface area contributed by atoms with Gasteiger partial charge in [-0.1, -0.05) is 29.5 Å². The van der Waals surface area contributed by atoms with E-state index in [-0.39, 0.29) is 12.5 Å². The van der Waals surface area contributed by atoms with Crippen LogP contribution in [0.3, 0.4) is 0 Å². The van der Waals surface area contributed by atoms with Crippen molar-refractivity contribution in [1.29, 1.82) is 0 Å². The normalized spacial score (nSPS) is 16.6. The average Bonchev–Trinajstić information content (AvgIpc) is 3.07. The largest absolute Gasteiger partial charge is 0.495 e. The summed E-state index contributed by atoms with van der Waals surface area (Å²) in [5, 5.41) is 0. The Labute approximate surface area is 160 Å². The molecule has 1 aliphatic heterocycles. The first-order valence-corrected chi connectivity index (χ1v) is 9.58. The Morgan fingerprint density at radius 3 is 2.81 bits per heavy atom. The number of benzene rings is 2. The zero-order valence-corrected chi connectivity index (χ0v) is 16.2. The van der Waals surface area contributed by atoms with Gasteiger partial charge in [0.2, 0.25) is 6.10 Å². The number of aromatic nitrogens is 1. The highest BCUT2D eigenvalue weighted by atomic mass is 32.1. The molecule has 2 aromatic carbocycles. The van der Waals surface area contributed by atoms with Crippen LogP contribution in [0.25, 0.3) is 10.2 Å². The van der Waals surface area contributed by atoms with Crippen molar-refractivity contribution in [2.45, 2.75) is 26.5 Å². The van der Waals surface area contributed by atoms with E-state index in [1.54, 1.807) is 13.2 Å². The van der Waals surface area contributed by atoms with Gasteiger partial charge >= 0.3 is 0 Å². The minimum atomic E-state index is -0.751. The topological polar surface area (TPSA) is 62.1 Å². The number of ether oxygens (including phenoxy) is 3. The second-order valence-electron chi connectivity index (χ2n) is 6.21. The molecule has 0 aliphatic carbocycles. The third-order valence-corrected chi connectivity index (χ3v) is 5.73. The molecular formula is C20H20N2O4S. The minimum absolute atomic E-state index is 0.152. The van der Waals surface area contributed by atoms with Crippen molar-refractivity contribution in [3.8, 4) is 17.2 Å². The zero-order chi connectivity index (χ0) is 19.0. The third kappa shape index (κ3) is 3.08. The Bertz CT molecular complexity index is 1080. The number of fused-ring (bicyclic) bond motifs is 2. The number of hydrogen-bond donors (Lipinski definition) is 0. The SMILES string of the molecule is CCn1c(=NC(=O)[C@@H]2COc3ccccc3O2)sc2c(C)ccc(OC)c21. The molecule has 7 heteroatoms. The third-order valence-electron chi connectivity index (χ3n) is 4.51. The minimum Gasteiger partial charge on any atom is -0.495 e. The van der Waals surface area contributed by atoms with Crippen LogP contribution >= 0.6 is 11.3 Å². The van der Waals surface area contributed by atoms with Gasteiger partial charge in [0, 0.05) is 6.54 Å². The Balaban J connectivity index is 1.75. The standard InChI is InChI=1S/C20H20N2O4S/c1-4-22-17-15(24-3)10-9-12(2)18(17)27-20(22)21-19(23)16-11-25-13-7-5-6-8-14(13)26-16/h5-10,16H,4,11H2,1-3H3/t16-/m0/s1. The van der Waals surface area contributed by atoms with E-state index in [0.717, 1.165) is 21.5 Å². The Morgan fingerprint density at radius 2 is 2.07 bits per heavy atom. The van der Waals surface area contributed by atoms with Crippen LogP contribution in [0, 0.1) is 6.92 Å². The summed E-state index contributed by atoms with van der Waals surface area (Å²) >= 11 is 1.48. The first kappa shape index (κ1) is 17.6. The van der Waals surface area contributed by atoms with Crippen molar-refractivity contribution in [2.75, 3.05) is 13.7 Å². The van der Waals surface area contributed by atoms with Gasteiger partial charge in [-0.25, -0.2) is 0 Å². The molecule has 0 N–H and O–H groups in total. The quantitative estimate of drug-likeness (QED) is 0.695. The molecule has 3 aromatic rings. The summed E-state index contributed by atoms with van der Waals surface area (Å²) in [7, 11) is 1.65. The second-order valence-corrected chi connectivity index (χ2v) is 7.18. The summed E-state index contributed by atoms with van der Waals surface area (Å²) in [4.78, 5) is 17.7. The second kappa shape index (κ2) is 7.08. The van der Waals surface area contributed by atoms with Crippen molar-refractivity contribution < 1.29 is 19.0 Å². The number of nitrogens with zero attached hydrogens (tertiary/aromatic N) is 2. The Kier molecular flexibility index (Phi) is 4.61. The van der Waals surface area contributed by atoms with Crippen molar-refractivity contribution >= 4 is 27.5 Å². The molecule has 6 nitrogen and oxygen atoms in total. The molecule has 0 fully saturated rings. The first-order chi connectivity index (χ1) is 13.1. The van der Waals surface area contributed by atoms with Crippen LogP contribution in [-0.4, -0.2) is 30.3 Å². The molecule has 27 heavy (non-hydrogen) atoms.